The zero-order valence-electron chi connectivity index (χ0n) is 4.96. The molecule has 1 aromatic rings. The van der Waals surface area contributed by atoms with E-state index in [0.717, 1.165) is 5.56 Å². The second-order valence-corrected chi connectivity index (χ2v) is 1.70. The third kappa shape index (κ3) is 1.56. The maximum absolute atomic E-state index is 6.63. The first-order valence-electron chi connectivity index (χ1n) is 2.74. The van der Waals surface area contributed by atoms with Crippen molar-refractivity contribution in [1.82, 2.24) is 0 Å². The molecule has 0 aliphatic carbocycles. The highest BCUT2D eigenvalue weighted by atomic mass is 14.3. The standard InChI is InChI=1S/C8H7N/c9-7-6-8-4-2-1-3-5-8/h1-6,9H. The van der Waals surface area contributed by atoms with Gasteiger partial charge in [0.1, 0.15) is 0 Å². The Bertz CT molecular complexity index is 220. The Morgan fingerprint density at radius 1 is 1.22 bits per heavy atom. The number of hydrogen-bond acceptors (Lipinski definition) is 1. The van der Waals surface area contributed by atoms with Crippen molar-refractivity contribution < 1.29 is 0 Å². The molecule has 0 unspecified atom stereocenters. The van der Waals surface area contributed by atoms with E-state index in [1.54, 1.807) is 6.08 Å². The second-order valence-electron chi connectivity index (χ2n) is 1.70. The van der Waals surface area contributed by atoms with Crippen LogP contribution in [0.4, 0.5) is 0 Å². The van der Waals surface area contributed by atoms with Crippen molar-refractivity contribution in [3.63, 3.8) is 0 Å². The fourth-order valence-electron chi connectivity index (χ4n) is 0.633. The van der Waals surface area contributed by atoms with Crippen LogP contribution >= 0.6 is 0 Å². The van der Waals surface area contributed by atoms with E-state index < -0.39 is 0 Å². The number of benzene rings is 1. The molecule has 0 amide bonds. The number of rotatable bonds is 1. The van der Waals surface area contributed by atoms with Crippen LogP contribution in [0, 0.1) is 5.41 Å². The monoisotopic (exact) mass is 117 g/mol. The first-order valence-corrected chi connectivity index (χ1v) is 2.74. The number of hydrogen-bond donors (Lipinski definition) is 1. The zero-order valence-corrected chi connectivity index (χ0v) is 4.96. The molecule has 1 N–H and O–H groups in total. The third-order valence-electron chi connectivity index (χ3n) is 1.04. The van der Waals surface area contributed by atoms with E-state index in [2.05, 4.69) is 5.87 Å². The molecule has 9 heavy (non-hydrogen) atoms. The average Bonchev–Trinajstić information content (AvgIpc) is 1.91. The van der Waals surface area contributed by atoms with Crippen LogP contribution in [0.25, 0.3) is 6.08 Å². The van der Waals surface area contributed by atoms with Crippen LogP contribution in [0.2, 0.25) is 0 Å². The second kappa shape index (κ2) is 2.85. The summed E-state index contributed by atoms with van der Waals surface area (Å²) in [5, 5.41) is 6.63. The summed E-state index contributed by atoms with van der Waals surface area (Å²) in [6, 6.07) is 9.68. The summed E-state index contributed by atoms with van der Waals surface area (Å²) >= 11 is 0. The van der Waals surface area contributed by atoms with Gasteiger partial charge in [-0.25, -0.2) is 0 Å². The molecule has 0 saturated heterocycles. The lowest BCUT2D eigenvalue weighted by Gasteiger charge is -1.84. The molecule has 0 fully saturated rings. The van der Waals surface area contributed by atoms with E-state index in [1.165, 1.54) is 0 Å². The fraction of sp³-hybridized carbons (Fsp3) is 0. The minimum absolute atomic E-state index is 1.02. The molecule has 1 nitrogen and oxygen atoms in total. The highest BCUT2D eigenvalue weighted by Gasteiger charge is 1.77. The van der Waals surface area contributed by atoms with E-state index >= 15 is 0 Å². The minimum atomic E-state index is 1.02. The summed E-state index contributed by atoms with van der Waals surface area (Å²) in [5.74, 6) is 2.21. The van der Waals surface area contributed by atoms with Crippen molar-refractivity contribution >= 4 is 11.9 Å². The normalized spacial score (nSPS) is 8.00. The highest BCUT2D eigenvalue weighted by Crippen LogP contribution is 1.97. The molecule has 0 bridgehead atoms. The van der Waals surface area contributed by atoms with Gasteiger partial charge in [-0.3, -0.25) is 5.41 Å². The Morgan fingerprint density at radius 2 is 1.89 bits per heavy atom. The van der Waals surface area contributed by atoms with E-state index in [0.29, 0.717) is 0 Å². The van der Waals surface area contributed by atoms with Crippen LogP contribution in [0.5, 0.6) is 0 Å². The lowest BCUT2D eigenvalue weighted by atomic mass is 10.2. The fourth-order valence-corrected chi connectivity index (χ4v) is 0.633. The third-order valence-corrected chi connectivity index (χ3v) is 1.04. The summed E-state index contributed by atoms with van der Waals surface area (Å²) in [5.41, 5.74) is 1.02. The number of nitrogens with one attached hydrogen (secondary N) is 1. The van der Waals surface area contributed by atoms with Crippen molar-refractivity contribution in [2.75, 3.05) is 0 Å². The molecule has 0 aliphatic heterocycles. The first-order chi connectivity index (χ1) is 4.43. The summed E-state index contributed by atoms with van der Waals surface area (Å²) in [6.07, 6.45) is 1.62. The molecule has 1 rings (SSSR count). The van der Waals surface area contributed by atoms with E-state index in [4.69, 9.17) is 5.41 Å². The predicted molar refractivity (Wildman–Crippen MR) is 38.6 cm³/mol. The summed E-state index contributed by atoms with van der Waals surface area (Å²) in [6.45, 7) is 0. The van der Waals surface area contributed by atoms with Gasteiger partial charge in [-0.05, 0) is 11.4 Å². The van der Waals surface area contributed by atoms with Crippen molar-refractivity contribution in [2.45, 2.75) is 0 Å². The lowest BCUT2D eigenvalue weighted by molar-refractivity contribution is 1.59. The van der Waals surface area contributed by atoms with Crippen molar-refractivity contribution in [3.05, 3.63) is 35.9 Å². The molecule has 1 heteroatoms. The van der Waals surface area contributed by atoms with Gasteiger partial charge in [0.2, 0.25) is 0 Å². The topological polar surface area (TPSA) is 23.9 Å². The molecule has 0 aromatic heterocycles. The van der Waals surface area contributed by atoms with Gasteiger partial charge in [0.15, 0.2) is 0 Å². The Balaban J connectivity index is 2.97. The maximum Gasteiger partial charge on any atom is 0.00624 e. The van der Waals surface area contributed by atoms with Crippen LogP contribution in [0.3, 0.4) is 0 Å². The van der Waals surface area contributed by atoms with Gasteiger partial charge in [0.05, 0.1) is 0 Å². The molecule has 0 aliphatic rings. The molecule has 0 heterocycles. The van der Waals surface area contributed by atoms with Gasteiger partial charge < -0.3 is 0 Å². The van der Waals surface area contributed by atoms with E-state index in [9.17, 15) is 0 Å². The van der Waals surface area contributed by atoms with Crippen molar-refractivity contribution in [1.29, 1.82) is 5.41 Å². The van der Waals surface area contributed by atoms with Crippen LogP contribution in [-0.4, -0.2) is 5.87 Å². The molecule has 0 saturated carbocycles. The van der Waals surface area contributed by atoms with Crippen LogP contribution in [0.1, 0.15) is 5.56 Å². The van der Waals surface area contributed by atoms with Gasteiger partial charge in [-0.15, -0.1) is 0 Å². The molecule has 0 radical (unpaired) electrons. The van der Waals surface area contributed by atoms with Crippen LogP contribution in [0.15, 0.2) is 30.3 Å². The quantitative estimate of drug-likeness (QED) is 0.543. The largest absolute Gasteiger partial charge is 0.259 e. The molecule has 1 aromatic carbocycles. The summed E-state index contributed by atoms with van der Waals surface area (Å²) < 4.78 is 0. The van der Waals surface area contributed by atoms with Gasteiger partial charge in [0, 0.05) is 6.08 Å². The lowest BCUT2D eigenvalue weighted by Crippen LogP contribution is -1.66. The SMILES string of the molecule is N=C=Cc1ccccc1. The Hall–Kier alpha value is -1.33. The Morgan fingerprint density at radius 3 is 2.44 bits per heavy atom. The Kier molecular flexibility index (Phi) is 1.84. The van der Waals surface area contributed by atoms with Gasteiger partial charge >= 0.3 is 0 Å². The highest BCUT2D eigenvalue weighted by molar-refractivity contribution is 5.75. The van der Waals surface area contributed by atoms with Crippen LogP contribution in [-0.2, 0) is 0 Å². The van der Waals surface area contributed by atoms with E-state index in [-0.39, 0.29) is 0 Å². The Labute approximate surface area is 54.2 Å². The first kappa shape index (κ1) is 5.80. The smallest absolute Gasteiger partial charge is 0.00624 e. The average molecular weight is 117 g/mol. The molecular formula is C8H7N. The maximum atomic E-state index is 6.63. The van der Waals surface area contributed by atoms with E-state index in [1.807, 2.05) is 30.3 Å². The van der Waals surface area contributed by atoms with Gasteiger partial charge in [-0.2, -0.15) is 0 Å². The summed E-state index contributed by atoms with van der Waals surface area (Å²) in [4.78, 5) is 0. The molecular weight excluding hydrogens is 110 g/mol. The molecule has 0 spiro atoms. The van der Waals surface area contributed by atoms with Crippen molar-refractivity contribution in [3.8, 4) is 0 Å². The van der Waals surface area contributed by atoms with Gasteiger partial charge in [0.25, 0.3) is 0 Å². The molecule has 0 atom stereocenters. The predicted octanol–water partition coefficient (Wildman–Crippen LogP) is 1.95. The van der Waals surface area contributed by atoms with Crippen LogP contribution < -0.4 is 0 Å². The minimum Gasteiger partial charge on any atom is -0.259 e. The molecule has 44 valence electrons. The van der Waals surface area contributed by atoms with Gasteiger partial charge in [-0.1, -0.05) is 30.3 Å². The van der Waals surface area contributed by atoms with Crippen molar-refractivity contribution in [2.24, 2.45) is 0 Å². The summed E-state index contributed by atoms with van der Waals surface area (Å²) in [7, 11) is 0. The zero-order chi connectivity index (χ0) is 6.53.